The number of carbonyl (C=O) groups is 1. The highest BCUT2D eigenvalue weighted by Crippen LogP contribution is 2.28. The van der Waals surface area contributed by atoms with Crippen molar-refractivity contribution in [3.8, 4) is 22.8 Å². The third kappa shape index (κ3) is 5.43. The molecule has 0 unspecified atom stereocenters. The summed E-state index contributed by atoms with van der Waals surface area (Å²) in [7, 11) is 0. The third-order valence-electron chi connectivity index (χ3n) is 5.15. The Kier molecular flexibility index (Phi) is 6.93. The molecule has 4 aromatic rings. The molecule has 7 heteroatoms. The fourth-order valence-corrected chi connectivity index (χ4v) is 3.83. The average Bonchev–Trinajstić information content (AvgIpc) is 2.82. The van der Waals surface area contributed by atoms with E-state index in [1.54, 1.807) is 30.3 Å². The van der Waals surface area contributed by atoms with Crippen molar-refractivity contribution in [1.82, 2.24) is 10.4 Å². The zero-order chi connectivity index (χ0) is 24.2. The predicted octanol–water partition coefficient (Wildman–Crippen LogP) is 6.31. The summed E-state index contributed by atoms with van der Waals surface area (Å²) in [6.07, 6.45) is 0.0987. The Morgan fingerprint density at radius 1 is 1.03 bits per heavy atom. The second-order valence-electron chi connectivity index (χ2n) is 8.09. The summed E-state index contributed by atoms with van der Waals surface area (Å²) in [5.41, 5.74) is 6.78. The van der Waals surface area contributed by atoms with Gasteiger partial charge in [0.1, 0.15) is 11.5 Å². The number of nitrogens with one attached hydrogen (secondary N) is 1. The van der Waals surface area contributed by atoms with Crippen molar-refractivity contribution in [3.05, 3.63) is 88.4 Å². The van der Waals surface area contributed by atoms with Gasteiger partial charge in [0.05, 0.1) is 28.6 Å². The van der Waals surface area contributed by atoms with Gasteiger partial charge < -0.3 is 9.84 Å². The molecule has 3 aromatic carbocycles. The summed E-state index contributed by atoms with van der Waals surface area (Å²) in [5, 5.41) is 14.6. The molecular weight excluding hydrogens is 494 g/mol. The Labute approximate surface area is 206 Å². The van der Waals surface area contributed by atoms with Crippen molar-refractivity contribution < 1.29 is 14.6 Å². The number of halogens is 1. The number of hydrazone groups is 1. The van der Waals surface area contributed by atoms with Gasteiger partial charge in [0.2, 0.25) is 0 Å². The third-order valence-corrected chi connectivity index (χ3v) is 5.64. The molecule has 1 heterocycles. The summed E-state index contributed by atoms with van der Waals surface area (Å²) in [6.45, 7) is 5.79. The van der Waals surface area contributed by atoms with Gasteiger partial charge in [0.25, 0.3) is 5.91 Å². The molecule has 0 saturated heterocycles. The van der Waals surface area contributed by atoms with E-state index in [4.69, 9.17) is 9.72 Å². The van der Waals surface area contributed by atoms with Crippen LogP contribution in [-0.4, -0.2) is 27.8 Å². The molecule has 0 bridgehead atoms. The van der Waals surface area contributed by atoms with Gasteiger partial charge >= 0.3 is 0 Å². The highest BCUT2D eigenvalue weighted by molar-refractivity contribution is 9.10. The van der Waals surface area contributed by atoms with Gasteiger partial charge in [-0.2, -0.15) is 5.10 Å². The van der Waals surface area contributed by atoms with Crippen molar-refractivity contribution in [1.29, 1.82) is 0 Å². The number of nitrogens with zero attached hydrogens (tertiary/aromatic N) is 2. The maximum absolute atomic E-state index is 13.2. The van der Waals surface area contributed by atoms with E-state index < -0.39 is 0 Å². The molecule has 0 fully saturated rings. The van der Waals surface area contributed by atoms with E-state index >= 15 is 0 Å². The normalized spacial score (nSPS) is 11.6. The van der Waals surface area contributed by atoms with Crippen molar-refractivity contribution in [2.45, 2.75) is 26.9 Å². The molecule has 0 aliphatic heterocycles. The minimum Gasteiger partial charge on any atom is -0.508 e. The van der Waals surface area contributed by atoms with Crippen LogP contribution in [-0.2, 0) is 0 Å². The molecule has 0 aliphatic carbocycles. The Balaban J connectivity index is 1.64. The molecular formula is C27H24BrN3O3. The molecule has 1 aromatic heterocycles. The van der Waals surface area contributed by atoms with Gasteiger partial charge in [-0.25, -0.2) is 10.4 Å². The first-order chi connectivity index (χ1) is 16.3. The van der Waals surface area contributed by atoms with Crippen LogP contribution >= 0.6 is 15.9 Å². The summed E-state index contributed by atoms with van der Waals surface area (Å²) in [4.78, 5) is 17.9. The Hall–Kier alpha value is -3.71. The first-order valence-corrected chi connectivity index (χ1v) is 11.6. The predicted molar refractivity (Wildman–Crippen MR) is 138 cm³/mol. The molecule has 172 valence electrons. The van der Waals surface area contributed by atoms with Gasteiger partial charge in [0, 0.05) is 15.4 Å². The monoisotopic (exact) mass is 517 g/mol. The summed E-state index contributed by atoms with van der Waals surface area (Å²) >= 11 is 3.48. The Morgan fingerprint density at radius 3 is 2.41 bits per heavy atom. The molecule has 0 spiro atoms. The SMILES string of the molecule is C/C(=N/NC(=O)c1cc(-c2ccc(O)cc2)nc2ccc(Br)cc12)c1ccc(OC(C)C)cc1. The maximum atomic E-state index is 13.2. The average molecular weight is 518 g/mol. The standard InChI is InChI=1S/C27H24BrN3O3/c1-16(2)34-22-11-6-18(7-12-22)17(3)30-31-27(33)24-15-26(19-4-9-21(32)10-5-19)29-25-13-8-20(28)14-23(24)25/h4-16,32H,1-3H3,(H,31,33)/b30-17-. The van der Waals surface area contributed by atoms with Gasteiger partial charge in [0.15, 0.2) is 0 Å². The molecule has 34 heavy (non-hydrogen) atoms. The van der Waals surface area contributed by atoms with Crippen LogP contribution in [0.4, 0.5) is 0 Å². The van der Waals surface area contributed by atoms with Crippen LogP contribution < -0.4 is 10.2 Å². The second kappa shape index (κ2) is 10.1. The van der Waals surface area contributed by atoms with E-state index in [2.05, 4.69) is 26.5 Å². The van der Waals surface area contributed by atoms with E-state index in [0.717, 1.165) is 21.3 Å². The van der Waals surface area contributed by atoms with E-state index in [-0.39, 0.29) is 17.8 Å². The van der Waals surface area contributed by atoms with Gasteiger partial charge in [-0.15, -0.1) is 0 Å². The van der Waals surface area contributed by atoms with Gasteiger partial charge in [-0.3, -0.25) is 4.79 Å². The Bertz CT molecular complexity index is 1360. The summed E-state index contributed by atoms with van der Waals surface area (Å²) < 4.78 is 6.52. The number of amides is 1. The zero-order valence-electron chi connectivity index (χ0n) is 19.0. The lowest BCUT2D eigenvalue weighted by atomic mass is 10.0. The van der Waals surface area contributed by atoms with Crippen LogP contribution in [0.5, 0.6) is 11.5 Å². The number of hydrogen-bond donors (Lipinski definition) is 2. The van der Waals surface area contributed by atoms with E-state index in [0.29, 0.717) is 27.9 Å². The van der Waals surface area contributed by atoms with Crippen LogP contribution in [0.25, 0.3) is 22.2 Å². The number of phenols is 1. The number of hydrogen-bond acceptors (Lipinski definition) is 5. The van der Waals surface area contributed by atoms with Crippen molar-refractivity contribution >= 4 is 38.5 Å². The molecule has 0 aliphatic rings. The van der Waals surface area contributed by atoms with Gasteiger partial charge in [-0.05, 0) is 99.1 Å². The van der Waals surface area contributed by atoms with E-state index in [1.165, 1.54) is 0 Å². The molecule has 6 nitrogen and oxygen atoms in total. The zero-order valence-corrected chi connectivity index (χ0v) is 20.6. The summed E-state index contributed by atoms with van der Waals surface area (Å²) in [5.74, 6) is 0.607. The topological polar surface area (TPSA) is 83.8 Å². The van der Waals surface area contributed by atoms with Crippen molar-refractivity contribution in [3.63, 3.8) is 0 Å². The number of fused-ring (bicyclic) bond motifs is 1. The number of carbonyl (C=O) groups excluding carboxylic acids is 1. The van der Waals surface area contributed by atoms with E-state index in [1.807, 2.05) is 63.2 Å². The molecule has 1 amide bonds. The first-order valence-electron chi connectivity index (χ1n) is 10.8. The number of phenolic OH excluding ortho intramolecular Hbond substituents is 1. The maximum Gasteiger partial charge on any atom is 0.272 e. The number of ether oxygens (including phenoxy) is 1. The smallest absolute Gasteiger partial charge is 0.272 e. The number of aromatic nitrogens is 1. The van der Waals surface area contributed by atoms with Crippen LogP contribution in [0.3, 0.4) is 0 Å². The van der Waals surface area contributed by atoms with Crippen molar-refractivity contribution in [2.75, 3.05) is 0 Å². The molecule has 4 rings (SSSR count). The fraction of sp³-hybridized carbons (Fsp3) is 0.148. The summed E-state index contributed by atoms with van der Waals surface area (Å²) in [6, 6.07) is 21.6. The van der Waals surface area contributed by atoms with Crippen molar-refractivity contribution in [2.24, 2.45) is 5.10 Å². The highest BCUT2D eigenvalue weighted by atomic mass is 79.9. The van der Waals surface area contributed by atoms with Crippen LogP contribution in [0.2, 0.25) is 0 Å². The largest absolute Gasteiger partial charge is 0.508 e. The molecule has 0 saturated carbocycles. The lowest BCUT2D eigenvalue weighted by Crippen LogP contribution is -2.20. The molecule has 0 radical (unpaired) electrons. The molecule has 2 N–H and O–H groups in total. The van der Waals surface area contributed by atoms with Crippen LogP contribution in [0.1, 0.15) is 36.7 Å². The van der Waals surface area contributed by atoms with Gasteiger partial charge in [-0.1, -0.05) is 15.9 Å². The van der Waals surface area contributed by atoms with E-state index in [9.17, 15) is 9.90 Å². The Morgan fingerprint density at radius 2 is 1.74 bits per heavy atom. The quantitative estimate of drug-likeness (QED) is 0.232. The minimum absolute atomic E-state index is 0.0987. The minimum atomic E-state index is -0.343. The lowest BCUT2D eigenvalue weighted by molar-refractivity contribution is 0.0956. The van der Waals surface area contributed by atoms with Crippen LogP contribution in [0, 0.1) is 0 Å². The second-order valence-corrected chi connectivity index (χ2v) is 9.01. The number of rotatable bonds is 6. The lowest BCUT2D eigenvalue weighted by Gasteiger charge is -2.11. The number of benzene rings is 3. The molecule has 0 atom stereocenters. The fourth-order valence-electron chi connectivity index (χ4n) is 3.47. The first kappa shape index (κ1) is 23.4. The van der Waals surface area contributed by atoms with Crippen LogP contribution in [0.15, 0.2) is 82.4 Å². The number of pyridine rings is 1. The number of aromatic hydroxyl groups is 1. The highest BCUT2D eigenvalue weighted by Gasteiger charge is 2.15.